The molecule has 17 heavy (non-hydrogen) atoms. The van der Waals surface area contributed by atoms with Crippen LogP contribution in [0, 0.1) is 24.1 Å². The van der Waals surface area contributed by atoms with Crippen molar-refractivity contribution in [2.75, 3.05) is 0 Å². The van der Waals surface area contributed by atoms with Crippen LogP contribution in [-0.2, 0) is 0 Å². The summed E-state index contributed by atoms with van der Waals surface area (Å²) < 4.78 is 13.1. The molecule has 84 valence electrons. The molecular formula is C14H9ClFN. The second-order valence-electron chi connectivity index (χ2n) is 3.77. The molecule has 0 saturated carbocycles. The second kappa shape index (κ2) is 4.57. The summed E-state index contributed by atoms with van der Waals surface area (Å²) in [5.74, 6) is -0.440. The number of benzene rings is 2. The van der Waals surface area contributed by atoms with Crippen molar-refractivity contribution in [2.45, 2.75) is 6.92 Å². The molecule has 0 aliphatic rings. The number of rotatable bonds is 1. The van der Waals surface area contributed by atoms with Gasteiger partial charge in [-0.05, 0) is 47.9 Å². The number of nitrogens with zero attached hydrogens (tertiary/aromatic N) is 1. The van der Waals surface area contributed by atoms with Gasteiger partial charge in [-0.25, -0.2) is 4.39 Å². The summed E-state index contributed by atoms with van der Waals surface area (Å²) in [6.45, 7) is 1.94. The number of halogens is 2. The first kappa shape index (κ1) is 11.6. The van der Waals surface area contributed by atoms with Crippen molar-refractivity contribution in [3.05, 3.63) is 58.4 Å². The Morgan fingerprint density at radius 2 is 1.94 bits per heavy atom. The lowest BCUT2D eigenvalue weighted by Crippen LogP contribution is -1.86. The molecule has 0 spiro atoms. The fourth-order valence-electron chi connectivity index (χ4n) is 1.67. The van der Waals surface area contributed by atoms with Crippen LogP contribution in [-0.4, -0.2) is 0 Å². The topological polar surface area (TPSA) is 23.8 Å². The summed E-state index contributed by atoms with van der Waals surface area (Å²) in [6, 6.07) is 12.0. The number of hydrogen-bond donors (Lipinski definition) is 0. The van der Waals surface area contributed by atoms with Crippen molar-refractivity contribution in [1.82, 2.24) is 0 Å². The zero-order valence-electron chi connectivity index (χ0n) is 9.17. The van der Waals surface area contributed by atoms with Crippen LogP contribution in [0.25, 0.3) is 11.1 Å². The van der Waals surface area contributed by atoms with Crippen LogP contribution in [0.4, 0.5) is 4.39 Å². The Morgan fingerprint density at radius 3 is 2.59 bits per heavy atom. The van der Waals surface area contributed by atoms with Crippen LogP contribution in [0.2, 0.25) is 5.02 Å². The minimum Gasteiger partial charge on any atom is -0.205 e. The standard InChI is InChI=1S/C14H9ClFN/c1-9-2-3-10(8-17)6-12(9)11-4-5-14(16)13(15)7-11/h2-7H,1H3. The van der Waals surface area contributed by atoms with E-state index in [-0.39, 0.29) is 5.02 Å². The summed E-state index contributed by atoms with van der Waals surface area (Å²) in [5, 5.41) is 8.95. The van der Waals surface area contributed by atoms with E-state index < -0.39 is 5.82 Å². The molecule has 2 aromatic rings. The van der Waals surface area contributed by atoms with Crippen LogP contribution < -0.4 is 0 Å². The molecule has 2 aromatic carbocycles. The molecule has 2 rings (SSSR count). The average Bonchev–Trinajstić information content (AvgIpc) is 2.33. The Bertz CT molecular complexity index is 614. The average molecular weight is 246 g/mol. The minimum absolute atomic E-state index is 0.0873. The third-order valence-corrected chi connectivity index (χ3v) is 2.89. The largest absolute Gasteiger partial charge is 0.205 e. The van der Waals surface area contributed by atoms with Crippen LogP contribution in [0.3, 0.4) is 0 Å². The fourth-order valence-corrected chi connectivity index (χ4v) is 1.85. The lowest BCUT2D eigenvalue weighted by Gasteiger charge is -2.07. The van der Waals surface area contributed by atoms with Crippen LogP contribution >= 0.6 is 11.6 Å². The summed E-state index contributed by atoms with van der Waals surface area (Å²) in [4.78, 5) is 0. The Balaban J connectivity index is 2.60. The third-order valence-electron chi connectivity index (χ3n) is 2.60. The highest BCUT2D eigenvalue weighted by molar-refractivity contribution is 6.31. The van der Waals surface area contributed by atoms with Crippen LogP contribution in [0.1, 0.15) is 11.1 Å². The van der Waals surface area contributed by atoms with E-state index in [0.717, 1.165) is 16.7 Å². The van der Waals surface area contributed by atoms with Gasteiger partial charge in [0, 0.05) is 0 Å². The van der Waals surface area contributed by atoms with Gasteiger partial charge in [0.15, 0.2) is 0 Å². The van der Waals surface area contributed by atoms with E-state index >= 15 is 0 Å². The first-order valence-electron chi connectivity index (χ1n) is 5.08. The summed E-state index contributed by atoms with van der Waals surface area (Å²) in [7, 11) is 0. The number of aryl methyl sites for hydroxylation is 1. The van der Waals surface area contributed by atoms with E-state index in [1.165, 1.54) is 6.07 Å². The van der Waals surface area contributed by atoms with Crippen molar-refractivity contribution in [3.8, 4) is 17.2 Å². The zero-order chi connectivity index (χ0) is 12.4. The van der Waals surface area contributed by atoms with Crippen LogP contribution in [0.15, 0.2) is 36.4 Å². The van der Waals surface area contributed by atoms with E-state index in [4.69, 9.17) is 16.9 Å². The van der Waals surface area contributed by atoms with Crippen molar-refractivity contribution in [1.29, 1.82) is 5.26 Å². The van der Waals surface area contributed by atoms with Gasteiger partial charge in [0.1, 0.15) is 5.82 Å². The molecule has 0 radical (unpaired) electrons. The molecule has 0 aliphatic carbocycles. The number of hydrogen-bond acceptors (Lipinski definition) is 1. The molecule has 0 aromatic heterocycles. The van der Waals surface area contributed by atoms with E-state index in [2.05, 4.69) is 6.07 Å². The van der Waals surface area contributed by atoms with Gasteiger partial charge in [0.05, 0.1) is 16.7 Å². The highest BCUT2D eigenvalue weighted by atomic mass is 35.5. The van der Waals surface area contributed by atoms with Gasteiger partial charge in [-0.15, -0.1) is 0 Å². The molecule has 0 fully saturated rings. The molecule has 0 bridgehead atoms. The zero-order valence-corrected chi connectivity index (χ0v) is 9.92. The summed E-state index contributed by atoms with van der Waals surface area (Å²) in [5.41, 5.74) is 3.30. The van der Waals surface area contributed by atoms with Gasteiger partial charge in [0.25, 0.3) is 0 Å². The lowest BCUT2D eigenvalue weighted by atomic mass is 9.98. The molecular weight excluding hydrogens is 237 g/mol. The molecule has 3 heteroatoms. The lowest BCUT2D eigenvalue weighted by molar-refractivity contribution is 0.628. The van der Waals surface area contributed by atoms with Crippen molar-refractivity contribution in [3.63, 3.8) is 0 Å². The van der Waals surface area contributed by atoms with E-state index in [1.54, 1.807) is 24.3 Å². The quantitative estimate of drug-likeness (QED) is 0.734. The van der Waals surface area contributed by atoms with Gasteiger partial charge in [-0.2, -0.15) is 5.26 Å². The maximum Gasteiger partial charge on any atom is 0.141 e. The number of nitriles is 1. The molecule has 0 unspecified atom stereocenters. The molecule has 0 heterocycles. The summed E-state index contributed by atoms with van der Waals surface area (Å²) >= 11 is 5.75. The predicted octanol–water partition coefficient (Wildman–Crippen LogP) is 4.33. The Kier molecular flexibility index (Phi) is 3.12. The van der Waals surface area contributed by atoms with Crippen molar-refractivity contribution in [2.24, 2.45) is 0 Å². The van der Waals surface area contributed by atoms with Gasteiger partial charge in [-0.3, -0.25) is 0 Å². The van der Waals surface area contributed by atoms with E-state index in [1.807, 2.05) is 13.0 Å². The van der Waals surface area contributed by atoms with Gasteiger partial charge in [0.2, 0.25) is 0 Å². The molecule has 0 atom stereocenters. The van der Waals surface area contributed by atoms with E-state index in [9.17, 15) is 4.39 Å². The van der Waals surface area contributed by atoms with Gasteiger partial charge in [-0.1, -0.05) is 23.7 Å². The first-order valence-corrected chi connectivity index (χ1v) is 5.46. The van der Waals surface area contributed by atoms with Crippen molar-refractivity contribution < 1.29 is 4.39 Å². The Morgan fingerprint density at radius 1 is 1.18 bits per heavy atom. The molecule has 1 nitrogen and oxygen atoms in total. The molecule has 0 amide bonds. The maximum atomic E-state index is 13.1. The highest BCUT2D eigenvalue weighted by Crippen LogP contribution is 2.28. The molecule has 0 aliphatic heterocycles. The normalized spacial score (nSPS) is 10.0. The van der Waals surface area contributed by atoms with Gasteiger partial charge >= 0.3 is 0 Å². The smallest absolute Gasteiger partial charge is 0.141 e. The predicted molar refractivity (Wildman–Crippen MR) is 66.3 cm³/mol. The summed E-state index contributed by atoms with van der Waals surface area (Å²) in [6.07, 6.45) is 0. The third kappa shape index (κ3) is 2.30. The van der Waals surface area contributed by atoms with Crippen molar-refractivity contribution >= 4 is 11.6 Å². The fraction of sp³-hybridized carbons (Fsp3) is 0.0714. The minimum atomic E-state index is -0.440. The maximum absolute atomic E-state index is 13.1. The SMILES string of the molecule is Cc1ccc(C#N)cc1-c1ccc(F)c(Cl)c1. The molecule has 0 saturated heterocycles. The van der Waals surface area contributed by atoms with Gasteiger partial charge < -0.3 is 0 Å². The van der Waals surface area contributed by atoms with E-state index in [0.29, 0.717) is 5.56 Å². The Hall–Kier alpha value is -1.85. The highest BCUT2D eigenvalue weighted by Gasteiger charge is 2.06. The van der Waals surface area contributed by atoms with Crippen LogP contribution in [0.5, 0.6) is 0 Å². The monoisotopic (exact) mass is 245 g/mol. The Labute approximate surface area is 104 Å². The second-order valence-corrected chi connectivity index (χ2v) is 4.18. The first-order chi connectivity index (χ1) is 8.11. The molecule has 0 N–H and O–H groups in total.